The Labute approximate surface area is 130 Å². The summed E-state index contributed by atoms with van der Waals surface area (Å²) < 4.78 is 6.26. The number of para-hydroxylation sites is 1. The van der Waals surface area contributed by atoms with E-state index < -0.39 is 0 Å². The van der Waals surface area contributed by atoms with E-state index in [0.717, 1.165) is 20.6 Å². The average molecular weight is 380 g/mol. The lowest BCUT2D eigenvalue weighted by molar-refractivity contribution is 0.0935. The van der Waals surface area contributed by atoms with Crippen LogP contribution in [0.3, 0.4) is 0 Å². The fraction of sp³-hybridized carbons (Fsp3) is 0.133. The molecule has 3 rings (SSSR count). The number of ether oxygens (including phenoxy) is 1. The zero-order valence-electron chi connectivity index (χ0n) is 10.8. The number of rotatable bonds is 2. The number of carbonyl (C=O) groups excluding carboxylic acids is 1. The van der Waals surface area contributed by atoms with Gasteiger partial charge in [0.2, 0.25) is 0 Å². The van der Waals surface area contributed by atoms with Crippen LogP contribution in [0.4, 0.5) is 5.69 Å². The van der Waals surface area contributed by atoms with Crippen LogP contribution < -0.4 is 15.4 Å². The van der Waals surface area contributed by atoms with Crippen LogP contribution in [-0.4, -0.2) is 13.0 Å². The third-order valence-electron chi connectivity index (χ3n) is 3.26. The van der Waals surface area contributed by atoms with Gasteiger partial charge in [-0.05, 0) is 52.4 Å². The molecule has 0 spiro atoms. The summed E-state index contributed by atoms with van der Waals surface area (Å²) in [6.45, 7) is 0. The van der Waals surface area contributed by atoms with Crippen molar-refractivity contribution in [3.63, 3.8) is 0 Å². The molecule has 1 aliphatic rings. The smallest absolute Gasteiger partial charge is 0.255 e. The first kappa shape index (κ1) is 13.2. The zero-order chi connectivity index (χ0) is 14.1. The highest BCUT2D eigenvalue weighted by molar-refractivity contribution is 14.1. The second-order valence-corrected chi connectivity index (χ2v) is 5.65. The molecule has 2 N–H and O–H groups in total. The Hall–Kier alpha value is -1.76. The highest BCUT2D eigenvalue weighted by Gasteiger charge is 2.24. The molecular formula is C15H13IN2O2. The maximum atomic E-state index is 12.1. The molecule has 0 radical (unpaired) electrons. The van der Waals surface area contributed by atoms with Gasteiger partial charge in [-0.3, -0.25) is 4.79 Å². The first-order valence-electron chi connectivity index (χ1n) is 6.19. The molecule has 2 aromatic carbocycles. The van der Waals surface area contributed by atoms with Gasteiger partial charge in [0.15, 0.2) is 0 Å². The quantitative estimate of drug-likeness (QED) is 0.788. The van der Waals surface area contributed by atoms with Crippen molar-refractivity contribution in [3.8, 4) is 5.75 Å². The van der Waals surface area contributed by atoms with Gasteiger partial charge in [0, 0.05) is 5.69 Å². The van der Waals surface area contributed by atoms with Crippen molar-refractivity contribution in [1.82, 2.24) is 5.32 Å². The fourth-order valence-electron chi connectivity index (χ4n) is 2.24. The first-order chi connectivity index (χ1) is 9.69. The van der Waals surface area contributed by atoms with Gasteiger partial charge in [-0.25, -0.2) is 0 Å². The summed E-state index contributed by atoms with van der Waals surface area (Å²) in [6.07, 6.45) is -0.225. The lowest BCUT2D eigenvalue weighted by atomic mass is 10.1. The van der Waals surface area contributed by atoms with Gasteiger partial charge in [0.1, 0.15) is 11.9 Å². The van der Waals surface area contributed by atoms with Crippen LogP contribution >= 0.6 is 22.6 Å². The molecule has 0 saturated carbocycles. The molecule has 0 saturated heterocycles. The van der Waals surface area contributed by atoms with Crippen LogP contribution in [0.2, 0.25) is 0 Å². The summed E-state index contributed by atoms with van der Waals surface area (Å²) in [5.74, 6) is 0.770. The van der Waals surface area contributed by atoms with Gasteiger partial charge in [0.25, 0.3) is 5.91 Å². The summed E-state index contributed by atoms with van der Waals surface area (Å²) in [5.41, 5.74) is 2.53. The minimum atomic E-state index is -0.225. The molecule has 1 atom stereocenters. The molecule has 4 nitrogen and oxygen atoms in total. The molecular weight excluding hydrogens is 367 g/mol. The molecule has 0 aliphatic carbocycles. The minimum Gasteiger partial charge on any atom is -0.496 e. The Morgan fingerprint density at radius 3 is 2.70 bits per heavy atom. The van der Waals surface area contributed by atoms with E-state index in [4.69, 9.17) is 4.74 Å². The van der Waals surface area contributed by atoms with Gasteiger partial charge < -0.3 is 15.4 Å². The number of carbonyl (C=O) groups is 1. The number of hydrogen-bond donors (Lipinski definition) is 2. The predicted molar refractivity (Wildman–Crippen MR) is 86.0 cm³/mol. The monoisotopic (exact) mass is 380 g/mol. The number of nitrogens with one attached hydrogen (secondary N) is 2. The summed E-state index contributed by atoms with van der Waals surface area (Å²) >= 11 is 2.22. The van der Waals surface area contributed by atoms with Gasteiger partial charge in [-0.1, -0.05) is 18.2 Å². The molecule has 5 heteroatoms. The third-order valence-corrected chi connectivity index (χ3v) is 4.10. The molecule has 1 heterocycles. The van der Waals surface area contributed by atoms with E-state index in [1.165, 1.54) is 0 Å². The van der Waals surface area contributed by atoms with Crippen molar-refractivity contribution in [2.75, 3.05) is 12.4 Å². The Morgan fingerprint density at radius 1 is 1.15 bits per heavy atom. The highest BCUT2D eigenvalue weighted by Crippen LogP contribution is 2.29. The zero-order valence-corrected chi connectivity index (χ0v) is 13.0. The van der Waals surface area contributed by atoms with Crippen LogP contribution in [-0.2, 0) is 0 Å². The number of anilines is 1. The molecule has 2 aromatic rings. The Morgan fingerprint density at radius 2 is 1.95 bits per heavy atom. The molecule has 1 amide bonds. The Bertz CT molecular complexity index is 673. The second-order valence-electron chi connectivity index (χ2n) is 4.49. The van der Waals surface area contributed by atoms with Crippen molar-refractivity contribution in [2.45, 2.75) is 6.17 Å². The van der Waals surface area contributed by atoms with Crippen LogP contribution in [0.25, 0.3) is 0 Å². The van der Waals surface area contributed by atoms with E-state index in [2.05, 4.69) is 33.2 Å². The van der Waals surface area contributed by atoms with Crippen LogP contribution in [0.5, 0.6) is 5.75 Å². The lowest BCUT2D eigenvalue weighted by Gasteiger charge is -2.28. The van der Waals surface area contributed by atoms with Crippen molar-refractivity contribution in [2.24, 2.45) is 0 Å². The lowest BCUT2D eigenvalue weighted by Crippen LogP contribution is -2.38. The third kappa shape index (κ3) is 2.33. The van der Waals surface area contributed by atoms with E-state index in [1.807, 2.05) is 42.5 Å². The van der Waals surface area contributed by atoms with Gasteiger partial charge in [-0.15, -0.1) is 0 Å². The Kier molecular flexibility index (Phi) is 3.52. The number of fused-ring (bicyclic) bond motifs is 1. The van der Waals surface area contributed by atoms with E-state index >= 15 is 0 Å². The SMILES string of the molecule is COc1ccc(C2NC(=O)c3ccccc3N2)cc1I. The van der Waals surface area contributed by atoms with Crippen molar-refractivity contribution in [1.29, 1.82) is 0 Å². The van der Waals surface area contributed by atoms with E-state index in [0.29, 0.717) is 5.56 Å². The second kappa shape index (κ2) is 5.32. The Balaban J connectivity index is 1.94. The van der Waals surface area contributed by atoms with Crippen LogP contribution in [0.15, 0.2) is 42.5 Å². The summed E-state index contributed by atoms with van der Waals surface area (Å²) in [5, 5.41) is 6.29. The molecule has 1 unspecified atom stereocenters. The van der Waals surface area contributed by atoms with Gasteiger partial charge in [0.05, 0.1) is 16.2 Å². The summed E-state index contributed by atoms with van der Waals surface area (Å²) in [6, 6.07) is 13.4. The van der Waals surface area contributed by atoms with Gasteiger partial charge in [-0.2, -0.15) is 0 Å². The molecule has 0 fully saturated rings. The standard InChI is InChI=1S/C15H13IN2O2/c1-20-13-7-6-9(8-11(13)16)14-17-12-5-3-2-4-10(12)15(19)18-14/h2-8,14,17H,1H3,(H,18,19). The number of benzene rings is 2. The highest BCUT2D eigenvalue weighted by atomic mass is 127. The van der Waals surface area contributed by atoms with Crippen LogP contribution in [0, 0.1) is 3.57 Å². The number of amides is 1. The van der Waals surface area contributed by atoms with Crippen molar-refractivity contribution in [3.05, 3.63) is 57.2 Å². The molecule has 20 heavy (non-hydrogen) atoms. The average Bonchev–Trinajstić information content (AvgIpc) is 2.47. The van der Waals surface area contributed by atoms with Crippen molar-refractivity contribution >= 4 is 34.2 Å². The predicted octanol–water partition coefficient (Wildman–Crippen LogP) is 3.15. The largest absolute Gasteiger partial charge is 0.496 e. The van der Waals surface area contributed by atoms with Crippen molar-refractivity contribution < 1.29 is 9.53 Å². The number of halogens is 1. The number of hydrogen-bond acceptors (Lipinski definition) is 3. The van der Waals surface area contributed by atoms with Crippen LogP contribution in [0.1, 0.15) is 22.1 Å². The topological polar surface area (TPSA) is 50.4 Å². The fourth-order valence-corrected chi connectivity index (χ4v) is 3.00. The summed E-state index contributed by atoms with van der Waals surface area (Å²) in [7, 11) is 1.65. The maximum Gasteiger partial charge on any atom is 0.255 e. The summed E-state index contributed by atoms with van der Waals surface area (Å²) in [4.78, 5) is 12.1. The minimum absolute atomic E-state index is 0.0600. The maximum absolute atomic E-state index is 12.1. The van der Waals surface area contributed by atoms with E-state index in [1.54, 1.807) is 7.11 Å². The normalized spacial score (nSPS) is 16.9. The first-order valence-corrected chi connectivity index (χ1v) is 7.27. The van der Waals surface area contributed by atoms with E-state index in [9.17, 15) is 4.79 Å². The number of methoxy groups -OCH3 is 1. The molecule has 102 valence electrons. The molecule has 1 aliphatic heterocycles. The molecule has 0 aromatic heterocycles. The van der Waals surface area contributed by atoms with E-state index in [-0.39, 0.29) is 12.1 Å². The molecule has 0 bridgehead atoms. The van der Waals surface area contributed by atoms with Gasteiger partial charge >= 0.3 is 0 Å².